The van der Waals surface area contributed by atoms with E-state index in [9.17, 15) is 9.59 Å². The first-order valence-corrected chi connectivity index (χ1v) is 12.6. The average Bonchev–Trinajstić information content (AvgIpc) is 3.33. The number of aromatic amines is 1. The number of carbonyl (C=O) groups is 1. The maximum Gasteiger partial charge on any atom is 0.280 e. The monoisotopic (exact) mass is 510 g/mol. The normalized spacial score (nSPS) is 23.8. The van der Waals surface area contributed by atoms with E-state index in [0.29, 0.717) is 0 Å². The number of fused-ring (bicyclic) bond motifs is 1. The van der Waals surface area contributed by atoms with E-state index in [0.717, 1.165) is 0 Å². The molecule has 3 heterocycles. The lowest BCUT2D eigenvalue weighted by Gasteiger charge is -2.37. The van der Waals surface area contributed by atoms with Gasteiger partial charge >= 0.3 is 0 Å². The fraction of sp³-hybridized carbons (Fsp3) is 0.682. The zero-order chi connectivity index (χ0) is 26.0. The molecule has 2 aromatic rings. The van der Waals surface area contributed by atoms with Crippen molar-refractivity contribution in [3.63, 3.8) is 0 Å². The molecule has 2 N–H and O–H groups in total. The van der Waals surface area contributed by atoms with Gasteiger partial charge in [0.15, 0.2) is 17.4 Å². The van der Waals surface area contributed by atoms with E-state index in [-0.39, 0.29) is 41.0 Å². The van der Waals surface area contributed by atoms with Crippen LogP contribution in [0, 0.1) is 12.8 Å². The molecule has 13 heteroatoms. The topological polar surface area (TPSA) is 133 Å². The van der Waals surface area contributed by atoms with Crippen molar-refractivity contribution in [3.8, 4) is 0 Å². The van der Waals surface area contributed by atoms with Crippen LogP contribution in [0.3, 0.4) is 0 Å². The molecule has 1 amide bonds. The predicted octanol–water partition coefficient (Wildman–Crippen LogP) is 2.71. The molecule has 0 aromatic carbocycles. The molecule has 0 saturated carbocycles. The maximum atomic E-state index is 12.6. The van der Waals surface area contributed by atoms with Crippen molar-refractivity contribution in [2.24, 2.45) is 5.92 Å². The minimum absolute atomic E-state index is 0.0134. The summed E-state index contributed by atoms with van der Waals surface area (Å²) in [6.07, 6.45) is -1.52. The quantitative estimate of drug-likeness (QED) is 0.463. The lowest BCUT2D eigenvalue weighted by molar-refractivity contribution is -0.118. The van der Waals surface area contributed by atoms with Crippen LogP contribution in [-0.2, 0) is 23.3 Å². The van der Waals surface area contributed by atoms with Crippen LogP contribution in [0.15, 0.2) is 11.1 Å². The number of amides is 1. The number of anilines is 1. The fourth-order valence-electron chi connectivity index (χ4n) is 3.96. The second-order valence-electron chi connectivity index (χ2n) is 9.13. The molecule has 5 atom stereocenters. The van der Waals surface area contributed by atoms with Crippen LogP contribution in [0.5, 0.6) is 0 Å². The molecule has 1 aliphatic rings. The average molecular weight is 511 g/mol. The van der Waals surface area contributed by atoms with Crippen LogP contribution in [0.1, 0.15) is 47.8 Å². The van der Waals surface area contributed by atoms with E-state index in [1.54, 1.807) is 25.5 Å². The summed E-state index contributed by atoms with van der Waals surface area (Å²) in [5.74, 6) is -0.562. The molecule has 12 nitrogen and oxygen atoms in total. The third-order valence-electron chi connectivity index (χ3n) is 5.58. The van der Waals surface area contributed by atoms with Crippen LogP contribution in [0.25, 0.3) is 11.2 Å². The van der Waals surface area contributed by atoms with Gasteiger partial charge in [-0.25, -0.2) is 9.65 Å². The lowest BCUT2D eigenvalue weighted by atomic mass is 10.1. The zero-order valence-electron chi connectivity index (χ0n) is 21.4. The van der Waals surface area contributed by atoms with Gasteiger partial charge in [0.2, 0.25) is 11.9 Å². The third-order valence-corrected chi connectivity index (χ3v) is 7.62. The van der Waals surface area contributed by atoms with E-state index in [4.69, 9.17) is 25.4 Å². The molecule has 1 fully saturated rings. The van der Waals surface area contributed by atoms with Crippen molar-refractivity contribution in [2.75, 3.05) is 19.5 Å². The summed E-state index contributed by atoms with van der Waals surface area (Å²) in [5.41, 5.74) is -0.189. The van der Waals surface area contributed by atoms with Crippen LogP contribution < -0.4 is 10.9 Å². The molecule has 2 unspecified atom stereocenters. The number of rotatable bonds is 10. The second-order valence-corrected chi connectivity index (χ2v) is 10.6. The summed E-state index contributed by atoms with van der Waals surface area (Å²) < 4.78 is 27.5. The summed E-state index contributed by atoms with van der Waals surface area (Å²) in [7, 11) is 1.66. The number of H-pyrrole nitrogens is 1. The Morgan fingerprint density at radius 1 is 1.23 bits per heavy atom. The highest BCUT2D eigenvalue weighted by molar-refractivity contribution is 7.44. The first-order valence-electron chi connectivity index (χ1n) is 11.5. The maximum absolute atomic E-state index is 12.6. The predicted molar refractivity (Wildman–Crippen MR) is 132 cm³/mol. The smallest absolute Gasteiger partial charge is 0.280 e. The van der Waals surface area contributed by atoms with Gasteiger partial charge in [0, 0.05) is 32.2 Å². The molecular formula is C22H35N6O6P. The van der Waals surface area contributed by atoms with Crippen molar-refractivity contribution in [1.29, 1.82) is 0 Å². The van der Waals surface area contributed by atoms with Crippen LogP contribution in [0.2, 0.25) is 0 Å². The van der Waals surface area contributed by atoms with Crippen molar-refractivity contribution in [2.45, 2.75) is 78.2 Å². The number of hydrogen-bond acceptors (Lipinski definition) is 9. The van der Waals surface area contributed by atoms with E-state index in [1.807, 2.05) is 0 Å². The number of nitrogens with zero attached hydrogens (tertiary/aromatic N) is 4. The first-order chi connectivity index (χ1) is 16.5. The molecule has 0 spiro atoms. The molecule has 2 aromatic heterocycles. The van der Waals surface area contributed by atoms with E-state index in [1.165, 1.54) is 13.4 Å². The Kier molecular flexibility index (Phi) is 9.01. The molecule has 35 heavy (non-hydrogen) atoms. The minimum Gasteiger partial charge on any atom is -0.374 e. The molecule has 1 saturated heterocycles. The van der Waals surface area contributed by atoms with E-state index >= 15 is 0 Å². The van der Waals surface area contributed by atoms with E-state index < -0.39 is 38.6 Å². The fourth-order valence-corrected chi connectivity index (χ4v) is 5.55. The van der Waals surface area contributed by atoms with Gasteiger partial charge in [-0.05, 0) is 34.6 Å². The van der Waals surface area contributed by atoms with Crippen LogP contribution in [0.4, 0.5) is 5.95 Å². The van der Waals surface area contributed by atoms with Crippen molar-refractivity contribution >= 4 is 31.5 Å². The largest absolute Gasteiger partial charge is 0.374 e. The van der Waals surface area contributed by atoms with Gasteiger partial charge in [-0.15, -0.1) is 0 Å². The van der Waals surface area contributed by atoms with Crippen molar-refractivity contribution in [3.05, 3.63) is 23.6 Å². The lowest BCUT2D eigenvalue weighted by Crippen LogP contribution is -2.39. The number of aromatic nitrogens is 4. The Hall–Kier alpha value is -1.95. The molecule has 0 aliphatic carbocycles. The number of carbonyl (C=O) groups excluding carboxylic acids is 1. The molecule has 0 bridgehead atoms. The van der Waals surface area contributed by atoms with Gasteiger partial charge < -0.3 is 18.5 Å². The van der Waals surface area contributed by atoms with Crippen LogP contribution in [-0.4, -0.2) is 74.7 Å². The van der Waals surface area contributed by atoms with Crippen molar-refractivity contribution < 1.29 is 23.3 Å². The summed E-state index contributed by atoms with van der Waals surface area (Å²) in [4.78, 5) is 35.8. The molecular weight excluding hydrogens is 475 g/mol. The van der Waals surface area contributed by atoms with Gasteiger partial charge in [-0.3, -0.25) is 24.5 Å². The molecule has 3 rings (SSSR count). The zero-order valence-corrected chi connectivity index (χ0v) is 22.3. The Morgan fingerprint density at radius 3 is 2.43 bits per heavy atom. The Morgan fingerprint density at radius 2 is 1.89 bits per heavy atom. The highest BCUT2D eigenvalue weighted by Gasteiger charge is 2.48. The third kappa shape index (κ3) is 5.73. The Labute approximate surface area is 206 Å². The van der Waals surface area contributed by atoms with E-state index in [2.05, 4.69) is 52.6 Å². The number of methoxy groups -OCH3 is 1. The summed E-state index contributed by atoms with van der Waals surface area (Å²) >= 11 is 0. The highest BCUT2D eigenvalue weighted by atomic mass is 31.2. The summed E-state index contributed by atoms with van der Waals surface area (Å²) in [5, 5.41) is 2.60. The Bertz CT molecular complexity index is 1060. The SMILES string of the molecule is [CH][C@H]1O[C@@H](n2cnc3c(=O)[nH]c(NC(=O)C(C)C)nc32)C(OC)[C@H]1OP(OC)N(C(C)C)C(C)C. The van der Waals surface area contributed by atoms with Crippen molar-refractivity contribution in [1.82, 2.24) is 24.2 Å². The number of nitrogens with one attached hydrogen (secondary N) is 2. The molecule has 1 aliphatic heterocycles. The first kappa shape index (κ1) is 27.6. The minimum atomic E-state index is -1.46. The van der Waals surface area contributed by atoms with Gasteiger partial charge in [0.1, 0.15) is 12.2 Å². The molecule has 2 radical (unpaired) electrons. The Balaban J connectivity index is 1.94. The van der Waals surface area contributed by atoms with Gasteiger partial charge in [0.25, 0.3) is 14.1 Å². The number of imidazole rings is 1. The molecule has 194 valence electrons. The number of hydrogen-bond donors (Lipinski definition) is 2. The summed E-state index contributed by atoms with van der Waals surface area (Å²) in [6, 6.07) is 0.341. The van der Waals surface area contributed by atoms with Gasteiger partial charge in [-0.1, -0.05) is 13.8 Å². The summed E-state index contributed by atoms with van der Waals surface area (Å²) in [6.45, 7) is 18.1. The number of ether oxygens (including phenoxy) is 2. The van der Waals surface area contributed by atoms with Gasteiger partial charge in [-0.2, -0.15) is 4.98 Å². The van der Waals surface area contributed by atoms with Crippen LogP contribution >= 0.6 is 8.53 Å². The second kappa shape index (κ2) is 11.4. The van der Waals surface area contributed by atoms with Gasteiger partial charge in [0.05, 0.1) is 12.4 Å². The highest BCUT2D eigenvalue weighted by Crippen LogP contribution is 2.49. The standard InChI is InChI=1S/C22H35N6O6P/c1-11(2)19(29)25-22-24-18-15(20(30)26-22)23-10-27(18)21-17(31-8)16(14(7)33-21)34-35(32-9)28(12(3)4)13(5)6/h7,10-14,16-17,21H,1-6,8-9H3,(H2,24,25,26,29,30)/t14-,16+,17?,21-,35?/m1/s1.